The zero-order valence-corrected chi connectivity index (χ0v) is 12.0. The lowest BCUT2D eigenvalue weighted by atomic mass is 9.83. The summed E-state index contributed by atoms with van der Waals surface area (Å²) in [6.07, 6.45) is 10.9. The molecule has 0 amide bonds. The van der Waals surface area contributed by atoms with Crippen molar-refractivity contribution in [3.05, 3.63) is 0 Å². The first-order chi connectivity index (χ1) is 8.30. The zero-order chi connectivity index (χ0) is 12.5. The molecule has 0 aromatic carbocycles. The number of methoxy groups -OCH3 is 1. The van der Waals surface area contributed by atoms with Gasteiger partial charge in [-0.3, -0.25) is 0 Å². The molecule has 1 N–H and O–H groups in total. The van der Waals surface area contributed by atoms with Gasteiger partial charge < -0.3 is 10.1 Å². The maximum atomic E-state index is 5.30. The summed E-state index contributed by atoms with van der Waals surface area (Å²) in [7, 11) is 1.81. The Hall–Kier alpha value is -0.0800. The highest BCUT2D eigenvalue weighted by Crippen LogP contribution is 2.28. The van der Waals surface area contributed by atoms with Crippen LogP contribution in [0, 0.1) is 5.92 Å². The van der Waals surface area contributed by atoms with Crippen LogP contribution in [0.4, 0.5) is 0 Å². The lowest BCUT2D eigenvalue weighted by Crippen LogP contribution is -2.42. The Morgan fingerprint density at radius 2 is 1.82 bits per heavy atom. The molecule has 0 aliphatic heterocycles. The summed E-state index contributed by atoms with van der Waals surface area (Å²) < 4.78 is 5.30. The van der Waals surface area contributed by atoms with Crippen molar-refractivity contribution < 1.29 is 4.74 Å². The van der Waals surface area contributed by atoms with Crippen LogP contribution in [0.1, 0.15) is 65.2 Å². The topological polar surface area (TPSA) is 21.3 Å². The third kappa shape index (κ3) is 5.87. The Morgan fingerprint density at radius 1 is 1.12 bits per heavy atom. The molecule has 0 aromatic heterocycles. The monoisotopic (exact) mass is 241 g/mol. The molecule has 1 rings (SSSR count). The van der Waals surface area contributed by atoms with E-state index in [4.69, 9.17) is 4.74 Å². The van der Waals surface area contributed by atoms with Crippen molar-refractivity contribution in [3.63, 3.8) is 0 Å². The van der Waals surface area contributed by atoms with Crippen LogP contribution in [-0.4, -0.2) is 25.8 Å². The molecule has 102 valence electrons. The third-order valence-corrected chi connectivity index (χ3v) is 4.02. The molecule has 1 fully saturated rings. The standard InChI is InChI=1S/C15H31NO/c1-4-6-13-8-10-14(11-9-13)16-15(7-5-2)12-17-3/h13-16H,4-12H2,1-3H3. The molecule has 17 heavy (non-hydrogen) atoms. The second-order valence-electron chi connectivity index (χ2n) is 5.61. The maximum Gasteiger partial charge on any atom is 0.0615 e. The van der Waals surface area contributed by atoms with E-state index >= 15 is 0 Å². The summed E-state index contributed by atoms with van der Waals surface area (Å²) in [5, 5.41) is 3.80. The number of hydrogen-bond acceptors (Lipinski definition) is 2. The van der Waals surface area contributed by atoms with Crippen molar-refractivity contribution in [1.29, 1.82) is 0 Å². The van der Waals surface area contributed by atoms with E-state index in [0.717, 1.165) is 18.6 Å². The first-order valence-electron chi connectivity index (χ1n) is 7.55. The van der Waals surface area contributed by atoms with Gasteiger partial charge in [-0.05, 0) is 38.0 Å². The normalized spacial score (nSPS) is 27.0. The maximum absolute atomic E-state index is 5.30. The molecule has 0 bridgehead atoms. The van der Waals surface area contributed by atoms with E-state index in [9.17, 15) is 0 Å². The Morgan fingerprint density at radius 3 is 2.35 bits per heavy atom. The fraction of sp³-hybridized carbons (Fsp3) is 1.00. The van der Waals surface area contributed by atoms with Crippen molar-refractivity contribution in [2.45, 2.75) is 77.3 Å². The number of hydrogen-bond donors (Lipinski definition) is 1. The summed E-state index contributed by atoms with van der Waals surface area (Å²) in [5.41, 5.74) is 0. The lowest BCUT2D eigenvalue weighted by molar-refractivity contribution is 0.147. The first-order valence-corrected chi connectivity index (χ1v) is 7.55. The van der Waals surface area contributed by atoms with Crippen molar-refractivity contribution in [2.75, 3.05) is 13.7 Å². The lowest BCUT2D eigenvalue weighted by Gasteiger charge is -2.32. The van der Waals surface area contributed by atoms with Gasteiger partial charge in [-0.1, -0.05) is 33.1 Å². The summed E-state index contributed by atoms with van der Waals surface area (Å²) in [4.78, 5) is 0. The largest absolute Gasteiger partial charge is 0.383 e. The van der Waals surface area contributed by atoms with Crippen LogP contribution in [0.3, 0.4) is 0 Å². The number of nitrogens with one attached hydrogen (secondary N) is 1. The smallest absolute Gasteiger partial charge is 0.0615 e. The first kappa shape index (κ1) is 15.0. The van der Waals surface area contributed by atoms with Gasteiger partial charge in [0, 0.05) is 19.2 Å². The summed E-state index contributed by atoms with van der Waals surface area (Å²) in [5.74, 6) is 1.00. The number of ether oxygens (including phenoxy) is 1. The number of rotatable bonds is 8. The average Bonchev–Trinajstić information content (AvgIpc) is 2.33. The predicted octanol–water partition coefficient (Wildman–Crippen LogP) is 3.75. The van der Waals surface area contributed by atoms with E-state index in [2.05, 4.69) is 19.2 Å². The summed E-state index contributed by atoms with van der Waals surface area (Å²) in [6.45, 7) is 5.42. The van der Waals surface area contributed by atoms with Gasteiger partial charge in [0.25, 0.3) is 0 Å². The molecule has 0 radical (unpaired) electrons. The van der Waals surface area contributed by atoms with E-state index in [1.165, 1.54) is 51.4 Å². The molecule has 0 spiro atoms. The second kappa shape index (κ2) is 8.93. The van der Waals surface area contributed by atoms with Crippen LogP contribution in [0.15, 0.2) is 0 Å². The average molecular weight is 241 g/mol. The van der Waals surface area contributed by atoms with Gasteiger partial charge in [0.15, 0.2) is 0 Å². The van der Waals surface area contributed by atoms with E-state index in [-0.39, 0.29) is 0 Å². The van der Waals surface area contributed by atoms with E-state index < -0.39 is 0 Å². The minimum atomic E-state index is 0.567. The molecular formula is C15H31NO. The molecule has 0 heterocycles. The Bertz CT molecular complexity index is 170. The van der Waals surface area contributed by atoms with Gasteiger partial charge in [-0.15, -0.1) is 0 Å². The SMILES string of the molecule is CCCC1CCC(NC(CCC)COC)CC1. The van der Waals surface area contributed by atoms with Crippen molar-refractivity contribution in [2.24, 2.45) is 5.92 Å². The van der Waals surface area contributed by atoms with Crippen LogP contribution >= 0.6 is 0 Å². The molecule has 0 aromatic rings. The highest BCUT2D eigenvalue weighted by atomic mass is 16.5. The molecule has 1 saturated carbocycles. The van der Waals surface area contributed by atoms with E-state index in [1.807, 2.05) is 7.11 Å². The minimum Gasteiger partial charge on any atom is -0.383 e. The molecule has 1 atom stereocenters. The fourth-order valence-corrected chi connectivity index (χ4v) is 3.12. The molecule has 1 aliphatic rings. The van der Waals surface area contributed by atoms with Gasteiger partial charge in [-0.2, -0.15) is 0 Å². The zero-order valence-electron chi connectivity index (χ0n) is 12.0. The van der Waals surface area contributed by atoms with Gasteiger partial charge in [0.05, 0.1) is 6.61 Å². The Kier molecular flexibility index (Phi) is 7.87. The highest BCUT2D eigenvalue weighted by Gasteiger charge is 2.22. The van der Waals surface area contributed by atoms with Crippen LogP contribution in [-0.2, 0) is 4.74 Å². The molecular weight excluding hydrogens is 210 g/mol. The molecule has 2 heteroatoms. The molecule has 1 unspecified atom stereocenters. The van der Waals surface area contributed by atoms with E-state index in [0.29, 0.717) is 6.04 Å². The molecule has 2 nitrogen and oxygen atoms in total. The van der Waals surface area contributed by atoms with Gasteiger partial charge in [-0.25, -0.2) is 0 Å². The highest BCUT2D eigenvalue weighted by molar-refractivity contribution is 4.80. The van der Waals surface area contributed by atoms with Gasteiger partial charge >= 0.3 is 0 Å². The van der Waals surface area contributed by atoms with E-state index in [1.54, 1.807) is 0 Å². The Labute approximate surface area is 108 Å². The quantitative estimate of drug-likeness (QED) is 0.699. The Balaban J connectivity index is 2.22. The fourth-order valence-electron chi connectivity index (χ4n) is 3.12. The summed E-state index contributed by atoms with van der Waals surface area (Å²) in [6, 6.07) is 1.31. The van der Waals surface area contributed by atoms with Crippen LogP contribution < -0.4 is 5.32 Å². The second-order valence-corrected chi connectivity index (χ2v) is 5.61. The van der Waals surface area contributed by atoms with Crippen molar-refractivity contribution in [1.82, 2.24) is 5.32 Å². The minimum absolute atomic E-state index is 0.567. The van der Waals surface area contributed by atoms with Crippen molar-refractivity contribution in [3.8, 4) is 0 Å². The van der Waals surface area contributed by atoms with Crippen LogP contribution in [0.5, 0.6) is 0 Å². The molecule has 0 saturated heterocycles. The van der Waals surface area contributed by atoms with Crippen LogP contribution in [0.2, 0.25) is 0 Å². The predicted molar refractivity (Wildman–Crippen MR) is 74.4 cm³/mol. The van der Waals surface area contributed by atoms with Crippen LogP contribution in [0.25, 0.3) is 0 Å². The van der Waals surface area contributed by atoms with Crippen molar-refractivity contribution >= 4 is 0 Å². The van der Waals surface area contributed by atoms with Gasteiger partial charge in [0.2, 0.25) is 0 Å². The van der Waals surface area contributed by atoms with Gasteiger partial charge in [0.1, 0.15) is 0 Å². The summed E-state index contributed by atoms with van der Waals surface area (Å²) >= 11 is 0. The third-order valence-electron chi connectivity index (χ3n) is 4.02. The molecule has 1 aliphatic carbocycles.